The molecule has 0 saturated heterocycles. The molecule has 8 heteroatoms. The van der Waals surface area contributed by atoms with Crippen LogP contribution in [0.15, 0.2) is 12.3 Å². The number of halogens is 3. The van der Waals surface area contributed by atoms with Crippen molar-refractivity contribution >= 4 is 16.9 Å². The van der Waals surface area contributed by atoms with Crippen molar-refractivity contribution in [2.75, 3.05) is 6.54 Å². The van der Waals surface area contributed by atoms with Crippen molar-refractivity contribution in [3.63, 3.8) is 0 Å². The van der Waals surface area contributed by atoms with Crippen molar-refractivity contribution in [1.82, 2.24) is 20.1 Å². The second-order valence-electron chi connectivity index (χ2n) is 4.10. The summed E-state index contributed by atoms with van der Waals surface area (Å²) in [6, 6.07) is 1.48. The van der Waals surface area contributed by atoms with E-state index in [2.05, 4.69) is 10.1 Å². The van der Waals surface area contributed by atoms with Gasteiger partial charge in [0.05, 0.1) is 11.3 Å². The number of aryl methyl sites for hydroxylation is 2. The molecule has 0 saturated carbocycles. The van der Waals surface area contributed by atoms with Gasteiger partial charge >= 0.3 is 6.18 Å². The summed E-state index contributed by atoms with van der Waals surface area (Å²) in [5, 5.41) is 6.56. The Morgan fingerprint density at radius 1 is 1.47 bits per heavy atom. The van der Waals surface area contributed by atoms with Gasteiger partial charge in [-0.25, -0.2) is 4.98 Å². The summed E-state index contributed by atoms with van der Waals surface area (Å²) in [5.74, 6) is -0.810. The summed E-state index contributed by atoms with van der Waals surface area (Å²) < 4.78 is 37.6. The van der Waals surface area contributed by atoms with Gasteiger partial charge in [-0.15, -0.1) is 0 Å². The zero-order valence-corrected chi connectivity index (χ0v) is 10.2. The molecule has 5 nitrogen and oxygen atoms in total. The largest absolute Gasteiger partial charge is 0.405 e. The molecule has 2 heterocycles. The SMILES string of the molecule is Cc1nn(C)c2ncc(C(=O)NCC(F)(F)F)cc12. The third-order valence-electron chi connectivity index (χ3n) is 2.57. The quantitative estimate of drug-likeness (QED) is 0.902. The highest BCUT2D eigenvalue weighted by molar-refractivity contribution is 5.97. The zero-order chi connectivity index (χ0) is 14.2. The van der Waals surface area contributed by atoms with E-state index in [1.54, 1.807) is 24.0 Å². The average molecular weight is 272 g/mol. The second-order valence-corrected chi connectivity index (χ2v) is 4.10. The van der Waals surface area contributed by atoms with Crippen LogP contribution in [0.25, 0.3) is 11.0 Å². The van der Waals surface area contributed by atoms with Crippen molar-refractivity contribution in [3.05, 3.63) is 23.5 Å². The predicted octanol–water partition coefficient (Wildman–Crippen LogP) is 1.57. The first-order valence-corrected chi connectivity index (χ1v) is 5.42. The number of nitrogens with one attached hydrogen (secondary N) is 1. The fraction of sp³-hybridized carbons (Fsp3) is 0.364. The molecule has 1 amide bonds. The van der Waals surface area contributed by atoms with Gasteiger partial charge in [0.25, 0.3) is 5.91 Å². The Morgan fingerprint density at radius 2 is 2.16 bits per heavy atom. The van der Waals surface area contributed by atoms with Crippen LogP contribution in [0.5, 0.6) is 0 Å². The minimum Gasteiger partial charge on any atom is -0.343 e. The molecule has 0 aliphatic heterocycles. The molecule has 19 heavy (non-hydrogen) atoms. The molecule has 0 radical (unpaired) electrons. The molecule has 2 aromatic heterocycles. The molecule has 0 aliphatic carbocycles. The Balaban J connectivity index is 2.26. The van der Waals surface area contributed by atoms with E-state index < -0.39 is 18.6 Å². The van der Waals surface area contributed by atoms with Crippen molar-refractivity contribution in [1.29, 1.82) is 0 Å². The maximum Gasteiger partial charge on any atom is 0.405 e. The monoisotopic (exact) mass is 272 g/mol. The molecule has 0 unspecified atom stereocenters. The summed E-state index contributed by atoms with van der Waals surface area (Å²) in [6.07, 6.45) is -3.20. The summed E-state index contributed by atoms with van der Waals surface area (Å²) in [6.45, 7) is 0.372. The highest BCUT2D eigenvalue weighted by atomic mass is 19.4. The minimum absolute atomic E-state index is 0.0767. The summed E-state index contributed by atoms with van der Waals surface area (Å²) in [7, 11) is 1.70. The molecule has 0 spiro atoms. The molecule has 0 atom stereocenters. The van der Waals surface area contributed by atoms with E-state index in [1.165, 1.54) is 12.3 Å². The third kappa shape index (κ3) is 2.83. The van der Waals surface area contributed by atoms with E-state index in [9.17, 15) is 18.0 Å². The molecule has 2 aromatic rings. The summed E-state index contributed by atoms with van der Waals surface area (Å²) in [4.78, 5) is 15.6. The molecule has 1 N–H and O–H groups in total. The van der Waals surface area contributed by atoms with Gasteiger partial charge in [0.15, 0.2) is 5.65 Å². The Labute approximate surface area is 106 Å². The Bertz CT molecular complexity index is 633. The molecule has 0 bridgehead atoms. The molecular weight excluding hydrogens is 261 g/mol. The second kappa shape index (κ2) is 4.52. The average Bonchev–Trinajstić information content (AvgIpc) is 2.61. The van der Waals surface area contributed by atoms with E-state index in [-0.39, 0.29) is 5.56 Å². The van der Waals surface area contributed by atoms with Crippen LogP contribution in [0, 0.1) is 6.92 Å². The summed E-state index contributed by atoms with van der Waals surface area (Å²) in [5.41, 5.74) is 1.31. The van der Waals surface area contributed by atoms with E-state index in [0.29, 0.717) is 16.7 Å². The lowest BCUT2D eigenvalue weighted by molar-refractivity contribution is -0.123. The zero-order valence-electron chi connectivity index (χ0n) is 10.2. The topological polar surface area (TPSA) is 59.8 Å². The number of pyridine rings is 1. The molecule has 0 aromatic carbocycles. The highest BCUT2D eigenvalue weighted by Crippen LogP contribution is 2.17. The smallest absolute Gasteiger partial charge is 0.343 e. The van der Waals surface area contributed by atoms with Crippen LogP contribution in [0.1, 0.15) is 16.1 Å². The van der Waals surface area contributed by atoms with Gasteiger partial charge in [0, 0.05) is 18.6 Å². The number of hydrogen-bond acceptors (Lipinski definition) is 3. The first-order valence-electron chi connectivity index (χ1n) is 5.42. The van der Waals surface area contributed by atoms with Gasteiger partial charge in [-0.3, -0.25) is 9.48 Å². The highest BCUT2D eigenvalue weighted by Gasteiger charge is 2.28. The normalized spacial score (nSPS) is 11.8. The number of nitrogens with zero attached hydrogens (tertiary/aromatic N) is 3. The van der Waals surface area contributed by atoms with E-state index in [1.807, 2.05) is 0 Å². The van der Waals surface area contributed by atoms with Gasteiger partial charge in [-0.1, -0.05) is 0 Å². The number of alkyl halides is 3. The maximum absolute atomic E-state index is 12.0. The van der Waals surface area contributed by atoms with Gasteiger partial charge in [-0.2, -0.15) is 18.3 Å². The lowest BCUT2D eigenvalue weighted by Crippen LogP contribution is -2.33. The van der Waals surface area contributed by atoms with Crippen molar-refractivity contribution < 1.29 is 18.0 Å². The minimum atomic E-state index is -4.43. The van der Waals surface area contributed by atoms with Crippen molar-refractivity contribution in [2.24, 2.45) is 7.05 Å². The number of rotatable bonds is 2. The fourth-order valence-corrected chi connectivity index (χ4v) is 1.71. The van der Waals surface area contributed by atoms with Crippen LogP contribution in [0.2, 0.25) is 0 Å². The predicted molar refractivity (Wildman–Crippen MR) is 61.6 cm³/mol. The van der Waals surface area contributed by atoms with Crippen LogP contribution in [0.4, 0.5) is 13.2 Å². The third-order valence-corrected chi connectivity index (χ3v) is 2.57. The molecule has 102 valence electrons. The summed E-state index contributed by atoms with van der Waals surface area (Å²) >= 11 is 0. The lowest BCUT2D eigenvalue weighted by atomic mass is 10.2. The Hall–Kier alpha value is -2.12. The molecule has 2 rings (SSSR count). The van der Waals surface area contributed by atoms with Gasteiger partial charge in [0.2, 0.25) is 0 Å². The Kier molecular flexibility index (Phi) is 3.17. The van der Waals surface area contributed by atoms with Crippen LogP contribution in [-0.2, 0) is 7.05 Å². The van der Waals surface area contributed by atoms with Crippen molar-refractivity contribution in [2.45, 2.75) is 13.1 Å². The number of aromatic nitrogens is 3. The number of amides is 1. The number of carbonyl (C=O) groups excluding carboxylic acids is 1. The van der Waals surface area contributed by atoms with Crippen LogP contribution in [0.3, 0.4) is 0 Å². The maximum atomic E-state index is 12.0. The number of fused-ring (bicyclic) bond motifs is 1. The van der Waals surface area contributed by atoms with E-state index in [4.69, 9.17) is 0 Å². The first-order chi connectivity index (χ1) is 8.78. The van der Waals surface area contributed by atoms with Gasteiger partial charge in [-0.05, 0) is 13.0 Å². The van der Waals surface area contributed by atoms with Gasteiger partial charge in [0.1, 0.15) is 6.54 Å². The van der Waals surface area contributed by atoms with Crippen molar-refractivity contribution in [3.8, 4) is 0 Å². The van der Waals surface area contributed by atoms with E-state index in [0.717, 1.165) is 0 Å². The van der Waals surface area contributed by atoms with E-state index >= 15 is 0 Å². The first kappa shape index (κ1) is 13.3. The number of hydrogen-bond donors (Lipinski definition) is 1. The standard InChI is InChI=1S/C11H11F3N4O/c1-6-8-3-7(4-15-9(8)18(2)17-6)10(19)16-5-11(12,13)14/h3-4H,5H2,1-2H3,(H,16,19). The van der Waals surface area contributed by atoms with Crippen LogP contribution in [-0.4, -0.2) is 33.4 Å². The van der Waals surface area contributed by atoms with Crippen LogP contribution < -0.4 is 5.32 Å². The Morgan fingerprint density at radius 3 is 2.79 bits per heavy atom. The van der Waals surface area contributed by atoms with Crippen LogP contribution >= 0.6 is 0 Å². The fourth-order valence-electron chi connectivity index (χ4n) is 1.71. The lowest BCUT2D eigenvalue weighted by Gasteiger charge is -2.08. The number of carbonyl (C=O) groups is 1. The molecule has 0 aliphatic rings. The molecule has 0 fully saturated rings. The molecular formula is C11H11F3N4O. The van der Waals surface area contributed by atoms with Gasteiger partial charge < -0.3 is 5.32 Å².